The first-order valence-electron chi connectivity index (χ1n) is 6.67. The molecule has 1 heterocycles. The molecule has 1 aromatic heterocycles. The molecule has 2 unspecified atom stereocenters. The molecule has 0 saturated heterocycles. The lowest BCUT2D eigenvalue weighted by Crippen LogP contribution is -2.31. The lowest BCUT2D eigenvalue weighted by atomic mass is 10.0. The Bertz CT molecular complexity index is 311. The molecular weight excluding hydrogens is 250 g/mol. The first-order chi connectivity index (χ1) is 8.17. The van der Waals surface area contributed by atoms with Gasteiger partial charge in [0, 0.05) is 12.1 Å². The highest BCUT2D eigenvalue weighted by Crippen LogP contribution is 2.25. The van der Waals surface area contributed by atoms with E-state index < -0.39 is 0 Å². The minimum absolute atomic E-state index is 0.409. The summed E-state index contributed by atoms with van der Waals surface area (Å²) in [5, 5.41) is 5.89. The third kappa shape index (κ3) is 5.41. The van der Waals surface area contributed by atoms with Crippen molar-refractivity contribution in [1.82, 2.24) is 5.32 Å². The molecule has 2 atom stereocenters. The number of rotatable bonds is 8. The molecule has 0 radical (unpaired) electrons. The highest BCUT2D eigenvalue weighted by atomic mass is 35.5. The summed E-state index contributed by atoms with van der Waals surface area (Å²) in [5.41, 5.74) is 1.32. The molecule has 1 rings (SSSR count). The molecule has 0 aliphatic carbocycles. The molecule has 0 amide bonds. The smallest absolute Gasteiger partial charge is 0.0931 e. The maximum absolute atomic E-state index is 5.98. The molecule has 1 aromatic rings. The number of halogens is 1. The number of hydrogen-bond donors (Lipinski definition) is 1. The number of thiophene rings is 1. The maximum atomic E-state index is 5.98. The van der Waals surface area contributed by atoms with Crippen LogP contribution in [0.4, 0.5) is 0 Å². The van der Waals surface area contributed by atoms with Gasteiger partial charge in [0.15, 0.2) is 0 Å². The summed E-state index contributed by atoms with van der Waals surface area (Å²) < 4.78 is 0.884. The van der Waals surface area contributed by atoms with Crippen molar-refractivity contribution in [1.29, 1.82) is 0 Å². The fraction of sp³-hybridized carbons (Fsp3) is 0.714. The predicted octanol–water partition coefficient (Wildman–Crippen LogP) is 5.41. The molecule has 0 spiro atoms. The van der Waals surface area contributed by atoms with E-state index in [2.05, 4.69) is 37.5 Å². The van der Waals surface area contributed by atoms with E-state index in [0.717, 1.165) is 4.34 Å². The normalized spacial score (nSPS) is 14.8. The van der Waals surface area contributed by atoms with Crippen molar-refractivity contribution in [2.24, 2.45) is 0 Å². The van der Waals surface area contributed by atoms with Crippen molar-refractivity contribution in [2.45, 2.75) is 65.0 Å². The van der Waals surface area contributed by atoms with Gasteiger partial charge in [-0.1, -0.05) is 44.7 Å². The molecule has 0 aliphatic rings. The van der Waals surface area contributed by atoms with Crippen molar-refractivity contribution in [3.63, 3.8) is 0 Å². The van der Waals surface area contributed by atoms with Crippen LogP contribution in [-0.4, -0.2) is 6.04 Å². The van der Waals surface area contributed by atoms with Crippen LogP contribution < -0.4 is 5.32 Å². The Morgan fingerprint density at radius 1 is 1.29 bits per heavy atom. The van der Waals surface area contributed by atoms with Gasteiger partial charge in [0.2, 0.25) is 0 Å². The Balaban J connectivity index is 2.47. The van der Waals surface area contributed by atoms with Crippen LogP contribution >= 0.6 is 22.9 Å². The topological polar surface area (TPSA) is 12.0 Å². The number of nitrogens with one attached hydrogen (secondary N) is 1. The SMILES string of the molecule is CCCCC(CCC)NC(C)c1csc(Cl)c1. The van der Waals surface area contributed by atoms with Gasteiger partial charge in [0.25, 0.3) is 0 Å². The standard InChI is InChI=1S/C14H24ClNS/c1-4-6-8-13(7-5-2)16-11(3)12-9-14(15)17-10-12/h9-11,13,16H,4-8H2,1-3H3. The Morgan fingerprint density at radius 3 is 2.59 bits per heavy atom. The largest absolute Gasteiger partial charge is 0.307 e. The van der Waals surface area contributed by atoms with Crippen LogP contribution in [0.3, 0.4) is 0 Å². The summed E-state index contributed by atoms with van der Waals surface area (Å²) in [6.07, 6.45) is 6.39. The second kappa shape index (κ2) is 8.12. The van der Waals surface area contributed by atoms with Crippen LogP contribution in [0.15, 0.2) is 11.4 Å². The van der Waals surface area contributed by atoms with Crippen molar-refractivity contribution in [2.75, 3.05) is 0 Å². The second-order valence-electron chi connectivity index (χ2n) is 4.70. The third-order valence-corrected chi connectivity index (χ3v) is 4.23. The Morgan fingerprint density at radius 2 is 2.06 bits per heavy atom. The highest BCUT2D eigenvalue weighted by molar-refractivity contribution is 7.14. The quantitative estimate of drug-likeness (QED) is 0.668. The average molecular weight is 274 g/mol. The lowest BCUT2D eigenvalue weighted by Gasteiger charge is -2.22. The lowest BCUT2D eigenvalue weighted by molar-refractivity contribution is 0.396. The summed E-state index contributed by atoms with van der Waals surface area (Å²) in [6.45, 7) is 6.74. The fourth-order valence-electron chi connectivity index (χ4n) is 2.11. The average Bonchev–Trinajstić information content (AvgIpc) is 2.73. The Kier molecular flexibility index (Phi) is 7.17. The monoisotopic (exact) mass is 273 g/mol. The highest BCUT2D eigenvalue weighted by Gasteiger charge is 2.13. The first kappa shape index (κ1) is 15.0. The van der Waals surface area contributed by atoms with Crippen LogP contribution in [-0.2, 0) is 0 Å². The molecule has 1 nitrogen and oxygen atoms in total. The molecule has 17 heavy (non-hydrogen) atoms. The van der Waals surface area contributed by atoms with Gasteiger partial charge in [0.05, 0.1) is 4.34 Å². The minimum atomic E-state index is 0.409. The van der Waals surface area contributed by atoms with Crippen LogP contribution in [0.2, 0.25) is 4.34 Å². The number of unbranched alkanes of at least 4 members (excludes halogenated alkanes) is 1. The molecule has 0 fully saturated rings. The van der Waals surface area contributed by atoms with E-state index in [4.69, 9.17) is 11.6 Å². The van der Waals surface area contributed by atoms with Crippen LogP contribution in [0, 0.1) is 0 Å². The Hall–Kier alpha value is -0.0500. The second-order valence-corrected chi connectivity index (χ2v) is 6.24. The molecule has 98 valence electrons. The summed E-state index contributed by atoms with van der Waals surface area (Å²) in [7, 11) is 0. The first-order valence-corrected chi connectivity index (χ1v) is 7.93. The molecular formula is C14H24ClNS. The zero-order valence-electron chi connectivity index (χ0n) is 11.1. The van der Waals surface area contributed by atoms with E-state index >= 15 is 0 Å². The maximum Gasteiger partial charge on any atom is 0.0931 e. The van der Waals surface area contributed by atoms with Gasteiger partial charge < -0.3 is 5.32 Å². The van der Waals surface area contributed by atoms with E-state index in [1.807, 2.05) is 0 Å². The van der Waals surface area contributed by atoms with Crippen LogP contribution in [0.5, 0.6) is 0 Å². The molecule has 0 bridgehead atoms. The molecule has 0 saturated carbocycles. The summed E-state index contributed by atoms with van der Waals surface area (Å²) in [5.74, 6) is 0. The van der Waals surface area contributed by atoms with Crippen molar-refractivity contribution >= 4 is 22.9 Å². The summed E-state index contributed by atoms with van der Waals surface area (Å²) >= 11 is 7.59. The van der Waals surface area contributed by atoms with Gasteiger partial charge in [-0.2, -0.15) is 0 Å². The van der Waals surface area contributed by atoms with Crippen molar-refractivity contribution in [3.05, 3.63) is 21.3 Å². The van der Waals surface area contributed by atoms with Crippen molar-refractivity contribution < 1.29 is 0 Å². The Labute approximate surface area is 115 Å². The van der Waals surface area contributed by atoms with Gasteiger partial charge in [-0.05, 0) is 36.8 Å². The van der Waals surface area contributed by atoms with E-state index in [0.29, 0.717) is 12.1 Å². The van der Waals surface area contributed by atoms with Gasteiger partial charge in [-0.15, -0.1) is 11.3 Å². The van der Waals surface area contributed by atoms with Crippen LogP contribution in [0.1, 0.15) is 64.5 Å². The fourth-order valence-corrected chi connectivity index (χ4v) is 3.09. The zero-order chi connectivity index (χ0) is 12.7. The van der Waals surface area contributed by atoms with E-state index in [9.17, 15) is 0 Å². The zero-order valence-corrected chi connectivity index (χ0v) is 12.7. The molecule has 1 N–H and O–H groups in total. The molecule has 0 aliphatic heterocycles. The van der Waals surface area contributed by atoms with E-state index in [-0.39, 0.29) is 0 Å². The minimum Gasteiger partial charge on any atom is -0.307 e. The van der Waals surface area contributed by atoms with E-state index in [1.54, 1.807) is 11.3 Å². The summed E-state index contributed by atoms with van der Waals surface area (Å²) in [4.78, 5) is 0. The van der Waals surface area contributed by atoms with Gasteiger partial charge in [0.1, 0.15) is 0 Å². The van der Waals surface area contributed by atoms with Gasteiger partial charge in [-0.3, -0.25) is 0 Å². The molecule has 3 heteroatoms. The third-order valence-electron chi connectivity index (χ3n) is 3.12. The van der Waals surface area contributed by atoms with Crippen molar-refractivity contribution in [3.8, 4) is 0 Å². The summed E-state index contributed by atoms with van der Waals surface area (Å²) in [6, 6.07) is 3.13. The van der Waals surface area contributed by atoms with Gasteiger partial charge in [-0.25, -0.2) is 0 Å². The molecule has 0 aromatic carbocycles. The number of hydrogen-bond acceptors (Lipinski definition) is 2. The predicted molar refractivity (Wildman–Crippen MR) is 79.1 cm³/mol. The van der Waals surface area contributed by atoms with E-state index in [1.165, 1.54) is 37.7 Å². The van der Waals surface area contributed by atoms with Gasteiger partial charge >= 0.3 is 0 Å². The van der Waals surface area contributed by atoms with Crippen LogP contribution in [0.25, 0.3) is 0 Å².